The van der Waals surface area contributed by atoms with Crippen LogP contribution >= 0.6 is 11.6 Å². The Bertz CT molecular complexity index is 732. The quantitative estimate of drug-likeness (QED) is 0.527. The van der Waals surface area contributed by atoms with Gasteiger partial charge in [0.15, 0.2) is 0 Å². The third-order valence-corrected chi connectivity index (χ3v) is 2.88. The SMILES string of the molecule is Cc1c(Oc2cc(C(=O)O)cc(Cl)n2)cccc1[N+](=O)[O-]. The lowest BCUT2D eigenvalue weighted by molar-refractivity contribution is -0.385. The molecule has 0 fully saturated rings. The van der Waals surface area contributed by atoms with Gasteiger partial charge in [0.2, 0.25) is 5.88 Å². The van der Waals surface area contributed by atoms with Gasteiger partial charge >= 0.3 is 5.97 Å². The van der Waals surface area contributed by atoms with Crippen LogP contribution in [0.3, 0.4) is 0 Å². The van der Waals surface area contributed by atoms with Gasteiger partial charge < -0.3 is 9.84 Å². The van der Waals surface area contributed by atoms with E-state index in [0.717, 1.165) is 0 Å². The van der Waals surface area contributed by atoms with Crippen LogP contribution in [0.1, 0.15) is 15.9 Å². The summed E-state index contributed by atoms with van der Waals surface area (Å²) in [6.45, 7) is 1.52. The first-order chi connectivity index (χ1) is 9.88. The fourth-order valence-corrected chi connectivity index (χ4v) is 1.87. The highest BCUT2D eigenvalue weighted by Crippen LogP contribution is 2.31. The third kappa shape index (κ3) is 3.26. The lowest BCUT2D eigenvalue weighted by atomic mass is 10.2. The van der Waals surface area contributed by atoms with Crippen molar-refractivity contribution in [2.24, 2.45) is 0 Å². The van der Waals surface area contributed by atoms with E-state index in [9.17, 15) is 14.9 Å². The second-order valence-electron chi connectivity index (χ2n) is 4.08. The van der Waals surface area contributed by atoms with Crippen molar-refractivity contribution < 1.29 is 19.6 Å². The van der Waals surface area contributed by atoms with E-state index in [2.05, 4.69) is 4.98 Å². The summed E-state index contributed by atoms with van der Waals surface area (Å²) in [6, 6.07) is 6.69. The average Bonchev–Trinajstić information content (AvgIpc) is 2.40. The molecule has 1 aromatic heterocycles. The second kappa shape index (κ2) is 5.76. The molecule has 0 atom stereocenters. The number of aromatic carboxylic acids is 1. The Kier molecular flexibility index (Phi) is 4.04. The van der Waals surface area contributed by atoms with Crippen LogP contribution in [-0.4, -0.2) is 21.0 Å². The van der Waals surface area contributed by atoms with Gasteiger partial charge in [-0.15, -0.1) is 0 Å². The summed E-state index contributed by atoms with van der Waals surface area (Å²) in [6.07, 6.45) is 0. The number of rotatable bonds is 4. The number of carboxylic acid groups (broad SMARTS) is 1. The first-order valence-electron chi connectivity index (χ1n) is 5.71. The van der Waals surface area contributed by atoms with Crippen molar-refractivity contribution in [1.82, 2.24) is 4.98 Å². The van der Waals surface area contributed by atoms with Gasteiger partial charge in [0.25, 0.3) is 5.69 Å². The van der Waals surface area contributed by atoms with E-state index in [1.54, 1.807) is 0 Å². The Morgan fingerprint density at radius 2 is 2.14 bits per heavy atom. The minimum Gasteiger partial charge on any atom is -0.478 e. The van der Waals surface area contributed by atoms with Crippen LogP contribution in [-0.2, 0) is 0 Å². The van der Waals surface area contributed by atoms with E-state index >= 15 is 0 Å². The zero-order valence-electron chi connectivity index (χ0n) is 10.7. The van der Waals surface area contributed by atoms with Gasteiger partial charge in [-0.05, 0) is 19.1 Å². The fourth-order valence-electron chi connectivity index (χ4n) is 1.67. The van der Waals surface area contributed by atoms with E-state index in [0.29, 0.717) is 5.56 Å². The molecule has 0 saturated carbocycles. The van der Waals surface area contributed by atoms with Crippen LogP contribution in [0.5, 0.6) is 11.6 Å². The minimum atomic E-state index is -1.18. The summed E-state index contributed by atoms with van der Waals surface area (Å²) in [5, 5.41) is 19.8. The summed E-state index contributed by atoms with van der Waals surface area (Å²) in [5.74, 6) is -1.03. The number of nitro groups is 1. The lowest BCUT2D eigenvalue weighted by Gasteiger charge is -2.08. The maximum Gasteiger partial charge on any atom is 0.335 e. The van der Waals surface area contributed by atoms with Crippen molar-refractivity contribution in [3.63, 3.8) is 0 Å². The molecule has 0 aliphatic heterocycles. The van der Waals surface area contributed by atoms with Crippen LogP contribution in [0, 0.1) is 17.0 Å². The summed E-state index contributed by atoms with van der Waals surface area (Å²) in [5.41, 5.74) is 0.113. The van der Waals surface area contributed by atoms with Gasteiger partial charge in [-0.1, -0.05) is 17.7 Å². The summed E-state index contributed by atoms with van der Waals surface area (Å²) >= 11 is 5.72. The normalized spacial score (nSPS) is 10.2. The minimum absolute atomic E-state index is 0.0482. The molecule has 0 unspecified atom stereocenters. The Morgan fingerprint density at radius 3 is 2.76 bits per heavy atom. The molecule has 0 saturated heterocycles. The molecule has 1 aromatic carbocycles. The number of hydrogen-bond acceptors (Lipinski definition) is 5. The standard InChI is InChI=1S/C13H9ClN2O5/c1-7-9(16(19)20)3-2-4-10(7)21-12-6-8(13(17)18)5-11(14)15-12/h2-6H,1H3,(H,17,18). The van der Waals surface area contributed by atoms with E-state index in [1.807, 2.05) is 0 Å². The number of carboxylic acids is 1. The molecular weight excluding hydrogens is 300 g/mol. The Labute approximate surface area is 123 Å². The molecular formula is C13H9ClN2O5. The Balaban J connectivity index is 2.41. The first kappa shape index (κ1) is 14.7. The van der Waals surface area contributed by atoms with Crippen molar-refractivity contribution in [1.29, 1.82) is 0 Å². The number of nitro benzene ring substituents is 1. The summed E-state index contributed by atoms with van der Waals surface area (Å²) < 4.78 is 5.41. The maximum atomic E-state index is 10.9. The smallest absolute Gasteiger partial charge is 0.335 e. The number of pyridine rings is 1. The highest BCUT2D eigenvalue weighted by atomic mass is 35.5. The number of aromatic nitrogens is 1. The molecule has 8 heteroatoms. The molecule has 2 rings (SSSR count). The van der Waals surface area contributed by atoms with Gasteiger partial charge in [-0.3, -0.25) is 10.1 Å². The lowest BCUT2D eigenvalue weighted by Crippen LogP contribution is -2.00. The Morgan fingerprint density at radius 1 is 1.43 bits per heavy atom. The van der Waals surface area contributed by atoms with E-state index in [4.69, 9.17) is 21.4 Å². The zero-order chi connectivity index (χ0) is 15.6. The number of hydrogen-bond donors (Lipinski definition) is 1. The molecule has 1 heterocycles. The Hall–Kier alpha value is -2.67. The summed E-state index contributed by atoms with van der Waals surface area (Å²) in [7, 11) is 0. The molecule has 2 aromatic rings. The van der Waals surface area contributed by atoms with Gasteiger partial charge in [-0.2, -0.15) is 0 Å². The third-order valence-electron chi connectivity index (χ3n) is 2.68. The number of nitrogens with zero attached hydrogens (tertiary/aromatic N) is 2. The van der Waals surface area contributed by atoms with Crippen molar-refractivity contribution >= 4 is 23.3 Å². The van der Waals surface area contributed by atoms with Crippen LogP contribution < -0.4 is 4.74 Å². The molecule has 0 aliphatic carbocycles. The molecule has 21 heavy (non-hydrogen) atoms. The average molecular weight is 309 g/mol. The number of benzene rings is 1. The van der Waals surface area contributed by atoms with E-state index in [1.165, 1.54) is 37.3 Å². The molecule has 0 bridgehead atoms. The number of ether oxygens (including phenoxy) is 1. The molecule has 1 N–H and O–H groups in total. The fraction of sp³-hybridized carbons (Fsp3) is 0.0769. The second-order valence-corrected chi connectivity index (χ2v) is 4.47. The summed E-state index contributed by atoms with van der Waals surface area (Å²) in [4.78, 5) is 25.1. The van der Waals surface area contributed by atoms with Crippen LogP contribution in [0.25, 0.3) is 0 Å². The van der Waals surface area contributed by atoms with Crippen LogP contribution in [0.2, 0.25) is 5.15 Å². The van der Waals surface area contributed by atoms with Crippen LogP contribution in [0.4, 0.5) is 5.69 Å². The molecule has 0 radical (unpaired) electrons. The predicted molar refractivity (Wildman–Crippen MR) is 74.1 cm³/mol. The van der Waals surface area contributed by atoms with Crippen molar-refractivity contribution in [2.45, 2.75) is 6.92 Å². The number of carbonyl (C=O) groups is 1. The highest BCUT2D eigenvalue weighted by Gasteiger charge is 2.16. The molecule has 108 valence electrons. The topological polar surface area (TPSA) is 103 Å². The maximum absolute atomic E-state index is 10.9. The van der Waals surface area contributed by atoms with Crippen molar-refractivity contribution in [3.8, 4) is 11.6 Å². The highest BCUT2D eigenvalue weighted by molar-refractivity contribution is 6.29. The molecule has 0 aliphatic rings. The van der Waals surface area contributed by atoms with Gasteiger partial charge in [-0.25, -0.2) is 9.78 Å². The predicted octanol–water partition coefficient (Wildman–Crippen LogP) is 3.44. The van der Waals surface area contributed by atoms with Crippen molar-refractivity contribution in [3.05, 3.63) is 56.7 Å². The van der Waals surface area contributed by atoms with Gasteiger partial charge in [0.05, 0.1) is 16.1 Å². The molecule has 7 nitrogen and oxygen atoms in total. The van der Waals surface area contributed by atoms with E-state index in [-0.39, 0.29) is 28.0 Å². The van der Waals surface area contributed by atoms with Gasteiger partial charge in [0.1, 0.15) is 10.9 Å². The number of halogens is 1. The zero-order valence-corrected chi connectivity index (χ0v) is 11.5. The van der Waals surface area contributed by atoms with E-state index < -0.39 is 10.9 Å². The molecule has 0 amide bonds. The molecule has 0 spiro atoms. The largest absolute Gasteiger partial charge is 0.478 e. The van der Waals surface area contributed by atoms with Crippen molar-refractivity contribution in [2.75, 3.05) is 0 Å². The monoisotopic (exact) mass is 308 g/mol. The first-order valence-corrected chi connectivity index (χ1v) is 6.09. The van der Waals surface area contributed by atoms with Crippen LogP contribution in [0.15, 0.2) is 30.3 Å². The van der Waals surface area contributed by atoms with Gasteiger partial charge in [0, 0.05) is 12.1 Å².